The van der Waals surface area contributed by atoms with Crippen molar-refractivity contribution < 1.29 is 4.79 Å². The average molecular weight is 259 g/mol. The van der Waals surface area contributed by atoms with Gasteiger partial charge in [-0.25, -0.2) is 0 Å². The van der Waals surface area contributed by atoms with E-state index in [1.165, 1.54) is 10.4 Å². The van der Waals surface area contributed by atoms with Crippen molar-refractivity contribution >= 4 is 22.9 Å². The highest BCUT2D eigenvalue weighted by Crippen LogP contribution is 2.23. The summed E-state index contributed by atoms with van der Waals surface area (Å²) in [5.41, 5.74) is 3.98. The van der Waals surface area contributed by atoms with Crippen LogP contribution in [0, 0.1) is 27.7 Å². The van der Waals surface area contributed by atoms with E-state index in [-0.39, 0.29) is 5.91 Å². The summed E-state index contributed by atoms with van der Waals surface area (Å²) in [6.07, 6.45) is 0. The van der Waals surface area contributed by atoms with Gasteiger partial charge < -0.3 is 5.32 Å². The Morgan fingerprint density at radius 2 is 1.89 bits per heavy atom. The largest absolute Gasteiger partial charge is 0.322 e. The summed E-state index contributed by atoms with van der Waals surface area (Å²) in [5, 5.41) is 2.99. The van der Waals surface area contributed by atoms with Crippen molar-refractivity contribution in [2.75, 3.05) is 5.32 Å². The maximum absolute atomic E-state index is 12.2. The number of rotatable bonds is 2. The number of thiophene rings is 1. The second-order valence-electron chi connectivity index (χ2n) is 4.53. The van der Waals surface area contributed by atoms with Crippen molar-refractivity contribution in [1.29, 1.82) is 0 Å². The lowest BCUT2D eigenvalue weighted by molar-refractivity contribution is 0.102. The Balaban J connectivity index is 2.27. The number of hydrogen-bond acceptors (Lipinski definition) is 2. The molecule has 0 spiro atoms. The van der Waals surface area contributed by atoms with Crippen LogP contribution in [-0.4, -0.2) is 5.91 Å². The second kappa shape index (κ2) is 4.94. The fraction of sp³-hybridized carbons (Fsp3) is 0.267. The highest BCUT2D eigenvalue weighted by Gasteiger charge is 2.13. The van der Waals surface area contributed by atoms with Crippen molar-refractivity contribution in [2.24, 2.45) is 0 Å². The SMILES string of the molecule is Cc1cc(C(=O)Nc2cccc(C)c2C)c(C)s1. The fourth-order valence-electron chi connectivity index (χ4n) is 1.93. The number of hydrogen-bond donors (Lipinski definition) is 1. The number of amides is 1. The quantitative estimate of drug-likeness (QED) is 0.859. The molecule has 0 aliphatic rings. The summed E-state index contributed by atoms with van der Waals surface area (Å²) in [4.78, 5) is 14.4. The van der Waals surface area contributed by atoms with Crippen molar-refractivity contribution in [1.82, 2.24) is 0 Å². The van der Waals surface area contributed by atoms with Crippen LogP contribution in [0.3, 0.4) is 0 Å². The first-order valence-electron chi connectivity index (χ1n) is 5.93. The maximum Gasteiger partial charge on any atom is 0.256 e. The number of nitrogens with one attached hydrogen (secondary N) is 1. The van der Waals surface area contributed by atoms with Crippen molar-refractivity contribution in [3.8, 4) is 0 Å². The summed E-state index contributed by atoms with van der Waals surface area (Å²) >= 11 is 1.65. The van der Waals surface area contributed by atoms with E-state index in [0.29, 0.717) is 0 Å². The molecule has 0 radical (unpaired) electrons. The van der Waals surface area contributed by atoms with Gasteiger partial charge >= 0.3 is 0 Å². The molecule has 0 aliphatic carbocycles. The monoisotopic (exact) mass is 259 g/mol. The van der Waals surface area contributed by atoms with E-state index in [0.717, 1.165) is 21.7 Å². The molecule has 0 atom stereocenters. The first-order chi connectivity index (χ1) is 8.49. The molecule has 1 N–H and O–H groups in total. The number of aryl methyl sites for hydroxylation is 3. The molecule has 0 aliphatic heterocycles. The Bertz CT molecular complexity index is 599. The molecule has 0 bridgehead atoms. The molecule has 0 fully saturated rings. The van der Waals surface area contributed by atoms with Crippen LogP contribution in [-0.2, 0) is 0 Å². The Morgan fingerprint density at radius 1 is 1.17 bits per heavy atom. The zero-order chi connectivity index (χ0) is 13.3. The van der Waals surface area contributed by atoms with Crippen LogP contribution in [0.2, 0.25) is 0 Å². The molecule has 2 rings (SSSR count). The molecule has 18 heavy (non-hydrogen) atoms. The zero-order valence-corrected chi connectivity index (χ0v) is 11.9. The van der Waals surface area contributed by atoms with Crippen LogP contribution < -0.4 is 5.32 Å². The molecule has 2 nitrogen and oxygen atoms in total. The standard InChI is InChI=1S/C15H17NOS/c1-9-6-5-7-14(11(9)3)16-15(17)13-8-10(2)18-12(13)4/h5-8H,1-4H3,(H,16,17). The Morgan fingerprint density at radius 3 is 2.50 bits per heavy atom. The van der Waals surface area contributed by atoms with Gasteiger partial charge in [0.05, 0.1) is 5.56 Å². The normalized spacial score (nSPS) is 10.4. The van der Waals surface area contributed by atoms with Crippen molar-refractivity contribution in [3.05, 3.63) is 50.7 Å². The molecule has 2 aromatic rings. The van der Waals surface area contributed by atoms with Crippen molar-refractivity contribution in [3.63, 3.8) is 0 Å². The van der Waals surface area contributed by atoms with Crippen LogP contribution in [0.5, 0.6) is 0 Å². The van der Waals surface area contributed by atoms with Gasteiger partial charge in [-0.2, -0.15) is 0 Å². The van der Waals surface area contributed by atoms with Crippen LogP contribution in [0.1, 0.15) is 31.2 Å². The summed E-state index contributed by atoms with van der Waals surface area (Å²) in [6.45, 7) is 8.07. The number of carbonyl (C=O) groups excluding carboxylic acids is 1. The fourth-order valence-corrected chi connectivity index (χ4v) is 2.85. The average Bonchev–Trinajstić information content (AvgIpc) is 2.64. The van der Waals surface area contributed by atoms with Gasteiger partial charge in [-0.05, 0) is 51.0 Å². The van der Waals surface area contributed by atoms with Gasteiger partial charge in [0.25, 0.3) is 5.91 Å². The molecular formula is C15H17NOS. The van der Waals surface area contributed by atoms with Crippen LogP contribution in [0.4, 0.5) is 5.69 Å². The molecule has 1 amide bonds. The van der Waals surface area contributed by atoms with Crippen LogP contribution in [0.15, 0.2) is 24.3 Å². The van der Waals surface area contributed by atoms with E-state index in [9.17, 15) is 4.79 Å². The second-order valence-corrected chi connectivity index (χ2v) is 5.99. The third-order valence-electron chi connectivity index (χ3n) is 3.14. The van der Waals surface area contributed by atoms with Gasteiger partial charge in [0.15, 0.2) is 0 Å². The first kappa shape index (κ1) is 12.8. The van der Waals surface area contributed by atoms with E-state index in [4.69, 9.17) is 0 Å². The molecule has 0 saturated heterocycles. The molecule has 0 unspecified atom stereocenters. The highest BCUT2D eigenvalue weighted by molar-refractivity contribution is 7.12. The van der Waals surface area contributed by atoms with Gasteiger partial charge in [0.1, 0.15) is 0 Å². The summed E-state index contributed by atoms with van der Waals surface area (Å²) in [5.74, 6) is -0.0226. The minimum atomic E-state index is -0.0226. The minimum absolute atomic E-state index is 0.0226. The predicted molar refractivity (Wildman–Crippen MR) is 77.7 cm³/mol. The first-order valence-corrected chi connectivity index (χ1v) is 6.75. The summed E-state index contributed by atoms with van der Waals surface area (Å²) in [7, 11) is 0. The predicted octanol–water partition coefficient (Wildman–Crippen LogP) is 4.23. The van der Waals surface area contributed by atoms with Gasteiger partial charge in [0, 0.05) is 15.4 Å². The van der Waals surface area contributed by atoms with E-state index < -0.39 is 0 Å². The van der Waals surface area contributed by atoms with E-state index in [1.54, 1.807) is 11.3 Å². The lowest BCUT2D eigenvalue weighted by Crippen LogP contribution is -2.13. The lowest BCUT2D eigenvalue weighted by Gasteiger charge is -2.10. The third kappa shape index (κ3) is 2.46. The molecule has 1 aromatic carbocycles. The van der Waals surface area contributed by atoms with Gasteiger partial charge in [-0.1, -0.05) is 12.1 Å². The van der Waals surface area contributed by atoms with Crippen molar-refractivity contribution in [2.45, 2.75) is 27.7 Å². The lowest BCUT2D eigenvalue weighted by atomic mass is 10.1. The van der Waals surface area contributed by atoms with E-state index >= 15 is 0 Å². The molecule has 94 valence electrons. The Kier molecular flexibility index (Phi) is 3.53. The van der Waals surface area contributed by atoms with E-state index in [2.05, 4.69) is 5.32 Å². The molecular weight excluding hydrogens is 242 g/mol. The topological polar surface area (TPSA) is 29.1 Å². The Labute approximate surface area is 112 Å². The van der Waals surface area contributed by atoms with Crippen LogP contribution in [0.25, 0.3) is 0 Å². The van der Waals surface area contributed by atoms with Gasteiger partial charge in [-0.15, -0.1) is 11.3 Å². The van der Waals surface area contributed by atoms with Gasteiger partial charge in [-0.3, -0.25) is 4.79 Å². The number of benzene rings is 1. The van der Waals surface area contributed by atoms with Crippen LogP contribution >= 0.6 is 11.3 Å². The maximum atomic E-state index is 12.2. The Hall–Kier alpha value is -1.61. The molecule has 0 saturated carbocycles. The molecule has 3 heteroatoms. The van der Waals surface area contributed by atoms with E-state index in [1.807, 2.05) is 52.0 Å². The zero-order valence-electron chi connectivity index (χ0n) is 11.1. The highest BCUT2D eigenvalue weighted by atomic mass is 32.1. The summed E-state index contributed by atoms with van der Waals surface area (Å²) in [6, 6.07) is 7.89. The minimum Gasteiger partial charge on any atom is -0.322 e. The molecule has 1 aromatic heterocycles. The number of carbonyl (C=O) groups is 1. The summed E-state index contributed by atoms with van der Waals surface area (Å²) < 4.78 is 0. The molecule has 1 heterocycles. The van der Waals surface area contributed by atoms with Gasteiger partial charge in [0.2, 0.25) is 0 Å². The smallest absolute Gasteiger partial charge is 0.256 e. The third-order valence-corrected chi connectivity index (χ3v) is 4.10. The number of anilines is 1.